The largest absolute Gasteiger partial charge is 0.241 e. The van der Waals surface area contributed by atoms with Crippen LogP contribution in [0.2, 0.25) is 0 Å². The van der Waals surface area contributed by atoms with Crippen LogP contribution in [-0.4, -0.2) is 4.98 Å². The van der Waals surface area contributed by atoms with E-state index in [1.807, 2.05) is 24.3 Å². The van der Waals surface area contributed by atoms with E-state index in [2.05, 4.69) is 4.98 Å². The van der Waals surface area contributed by atoms with Crippen molar-refractivity contribution in [3.63, 3.8) is 0 Å². The molecular weight excluding hydrogens is 300 g/mol. The summed E-state index contributed by atoms with van der Waals surface area (Å²) in [4.78, 5) is 4.46. The van der Waals surface area contributed by atoms with Gasteiger partial charge in [-0.1, -0.05) is 18.2 Å². The van der Waals surface area contributed by atoms with Gasteiger partial charge >= 0.3 is 0 Å². The summed E-state index contributed by atoms with van der Waals surface area (Å²) < 4.78 is 27.6. The molecule has 20 heavy (non-hydrogen) atoms. The summed E-state index contributed by atoms with van der Waals surface area (Å²) in [5.41, 5.74) is 1.21. The van der Waals surface area contributed by atoms with Crippen molar-refractivity contribution in [3.8, 4) is 0 Å². The number of thiazole rings is 1. The summed E-state index contributed by atoms with van der Waals surface area (Å²) in [5, 5.41) is 0.283. The van der Waals surface area contributed by atoms with Crippen molar-refractivity contribution < 1.29 is 8.78 Å². The standard InChI is InChI=1S/C15H10ClF2NS/c16-11(10-6-5-9(17)7-12(10)18)8-15-19-13-3-1-2-4-14(13)20-15/h1-7,11H,8H2. The first-order valence-corrected chi connectivity index (χ1v) is 7.32. The molecule has 0 aliphatic rings. The molecule has 1 atom stereocenters. The Labute approximate surface area is 123 Å². The van der Waals surface area contributed by atoms with Gasteiger partial charge in [0.15, 0.2) is 0 Å². The molecule has 2 aromatic carbocycles. The van der Waals surface area contributed by atoms with E-state index in [0.717, 1.165) is 21.3 Å². The predicted molar refractivity (Wildman–Crippen MR) is 78.3 cm³/mol. The fraction of sp³-hybridized carbons (Fsp3) is 0.133. The van der Waals surface area contributed by atoms with E-state index in [1.54, 1.807) is 0 Å². The molecule has 0 N–H and O–H groups in total. The van der Waals surface area contributed by atoms with E-state index >= 15 is 0 Å². The van der Waals surface area contributed by atoms with Crippen LogP contribution in [0.4, 0.5) is 8.78 Å². The summed E-state index contributed by atoms with van der Waals surface area (Å²) in [6.07, 6.45) is 0.420. The first-order valence-electron chi connectivity index (χ1n) is 6.07. The lowest BCUT2D eigenvalue weighted by Crippen LogP contribution is -1.99. The molecule has 102 valence electrons. The Morgan fingerprint density at radius 1 is 1.15 bits per heavy atom. The fourth-order valence-corrected chi connectivity index (χ4v) is 3.45. The van der Waals surface area contributed by atoms with Crippen molar-refractivity contribution >= 4 is 33.2 Å². The minimum atomic E-state index is -0.619. The van der Waals surface area contributed by atoms with Crippen molar-refractivity contribution in [1.82, 2.24) is 4.98 Å². The molecule has 0 spiro atoms. The number of alkyl halides is 1. The van der Waals surface area contributed by atoms with E-state index in [1.165, 1.54) is 23.5 Å². The highest BCUT2D eigenvalue weighted by atomic mass is 35.5. The average molecular weight is 310 g/mol. The smallest absolute Gasteiger partial charge is 0.130 e. The highest BCUT2D eigenvalue weighted by Gasteiger charge is 2.16. The molecule has 0 amide bonds. The zero-order valence-electron chi connectivity index (χ0n) is 10.3. The van der Waals surface area contributed by atoms with Gasteiger partial charge in [-0.15, -0.1) is 22.9 Å². The molecule has 0 aliphatic heterocycles. The quantitative estimate of drug-likeness (QED) is 0.614. The molecule has 0 saturated carbocycles. The third-order valence-electron chi connectivity index (χ3n) is 2.99. The second kappa shape index (κ2) is 5.46. The van der Waals surface area contributed by atoms with Crippen LogP contribution < -0.4 is 0 Å². The molecular formula is C15H10ClF2NS. The number of hydrogen-bond donors (Lipinski definition) is 0. The Morgan fingerprint density at radius 3 is 2.70 bits per heavy atom. The monoisotopic (exact) mass is 309 g/mol. The van der Waals surface area contributed by atoms with Crippen LogP contribution in [0.3, 0.4) is 0 Å². The van der Waals surface area contributed by atoms with E-state index < -0.39 is 17.0 Å². The summed E-state index contributed by atoms with van der Waals surface area (Å²) in [6.45, 7) is 0. The van der Waals surface area contributed by atoms with E-state index in [9.17, 15) is 8.78 Å². The molecule has 0 saturated heterocycles. The number of aromatic nitrogens is 1. The van der Waals surface area contributed by atoms with Gasteiger partial charge in [0.1, 0.15) is 11.6 Å². The molecule has 3 rings (SSSR count). The molecule has 1 nitrogen and oxygen atoms in total. The highest BCUT2D eigenvalue weighted by Crippen LogP contribution is 2.31. The summed E-state index contributed by atoms with van der Waals surface area (Å²) in [5.74, 6) is -1.22. The molecule has 5 heteroatoms. The maximum Gasteiger partial charge on any atom is 0.130 e. The van der Waals surface area contributed by atoms with Crippen molar-refractivity contribution in [1.29, 1.82) is 0 Å². The number of fused-ring (bicyclic) bond motifs is 1. The van der Waals surface area contributed by atoms with Crippen molar-refractivity contribution in [2.45, 2.75) is 11.8 Å². The first kappa shape index (κ1) is 13.5. The van der Waals surface area contributed by atoms with Crippen LogP contribution in [-0.2, 0) is 6.42 Å². The van der Waals surface area contributed by atoms with Crippen LogP contribution in [0.15, 0.2) is 42.5 Å². The van der Waals surface area contributed by atoms with Gasteiger partial charge < -0.3 is 0 Å². The maximum atomic E-state index is 13.7. The second-order valence-electron chi connectivity index (χ2n) is 4.41. The third kappa shape index (κ3) is 2.67. The maximum absolute atomic E-state index is 13.7. The zero-order valence-corrected chi connectivity index (χ0v) is 11.9. The summed E-state index contributed by atoms with van der Waals surface area (Å²) >= 11 is 7.77. The molecule has 1 aromatic heterocycles. The Bertz CT molecular complexity index is 723. The number of benzene rings is 2. The lowest BCUT2D eigenvalue weighted by molar-refractivity contribution is 0.569. The predicted octanol–water partition coefficient (Wildman–Crippen LogP) is 5.10. The van der Waals surface area contributed by atoms with Crippen LogP contribution in [0, 0.1) is 11.6 Å². The van der Waals surface area contributed by atoms with Crippen LogP contribution in [0.1, 0.15) is 15.9 Å². The van der Waals surface area contributed by atoms with Crippen molar-refractivity contribution in [3.05, 3.63) is 64.7 Å². The van der Waals surface area contributed by atoms with Gasteiger partial charge in [0.05, 0.1) is 20.6 Å². The van der Waals surface area contributed by atoms with Crippen LogP contribution >= 0.6 is 22.9 Å². The Hall–Kier alpha value is -1.52. The third-order valence-corrected chi connectivity index (χ3v) is 4.44. The molecule has 3 aromatic rings. The van der Waals surface area contributed by atoms with Crippen molar-refractivity contribution in [2.24, 2.45) is 0 Å². The molecule has 1 heterocycles. The summed E-state index contributed by atoms with van der Waals surface area (Å²) in [6, 6.07) is 11.2. The van der Waals surface area contributed by atoms with E-state index in [-0.39, 0.29) is 0 Å². The average Bonchev–Trinajstić information content (AvgIpc) is 2.80. The molecule has 0 bridgehead atoms. The Kier molecular flexibility index (Phi) is 3.68. The van der Waals surface area contributed by atoms with E-state index in [4.69, 9.17) is 11.6 Å². The van der Waals surface area contributed by atoms with Gasteiger partial charge in [-0.25, -0.2) is 13.8 Å². The Morgan fingerprint density at radius 2 is 1.95 bits per heavy atom. The molecule has 1 unspecified atom stereocenters. The minimum absolute atomic E-state index is 0.298. The minimum Gasteiger partial charge on any atom is -0.241 e. The topological polar surface area (TPSA) is 12.9 Å². The lowest BCUT2D eigenvalue weighted by atomic mass is 10.1. The van der Waals surface area contributed by atoms with E-state index in [0.29, 0.717) is 12.0 Å². The fourth-order valence-electron chi connectivity index (χ4n) is 2.03. The SMILES string of the molecule is Fc1ccc(C(Cl)Cc2nc3ccccc3s2)c(F)c1. The number of halogens is 3. The summed E-state index contributed by atoms with van der Waals surface area (Å²) in [7, 11) is 0. The number of rotatable bonds is 3. The Balaban J connectivity index is 1.86. The number of hydrogen-bond acceptors (Lipinski definition) is 2. The molecule has 0 aliphatic carbocycles. The first-order chi connectivity index (χ1) is 9.63. The van der Waals surface area contributed by atoms with Crippen molar-refractivity contribution in [2.75, 3.05) is 0 Å². The molecule has 0 radical (unpaired) electrons. The van der Waals surface area contributed by atoms with Gasteiger partial charge in [0, 0.05) is 18.1 Å². The van der Waals surface area contributed by atoms with Gasteiger partial charge in [0.25, 0.3) is 0 Å². The lowest BCUT2D eigenvalue weighted by Gasteiger charge is -2.09. The normalized spacial score (nSPS) is 12.8. The molecule has 0 fully saturated rings. The zero-order chi connectivity index (χ0) is 14.1. The van der Waals surface area contributed by atoms with Gasteiger partial charge in [-0.3, -0.25) is 0 Å². The van der Waals surface area contributed by atoms with Gasteiger partial charge in [-0.2, -0.15) is 0 Å². The van der Waals surface area contributed by atoms with Crippen LogP contribution in [0.5, 0.6) is 0 Å². The van der Waals surface area contributed by atoms with Crippen LogP contribution in [0.25, 0.3) is 10.2 Å². The highest BCUT2D eigenvalue weighted by molar-refractivity contribution is 7.18. The van der Waals surface area contributed by atoms with Gasteiger partial charge in [-0.05, 0) is 18.2 Å². The second-order valence-corrected chi connectivity index (χ2v) is 6.05. The van der Waals surface area contributed by atoms with Gasteiger partial charge in [0.2, 0.25) is 0 Å². The number of para-hydroxylation sites is 1. The number of nitrogens with zero attached hydrogens (tertiary/aromatic N) is 1.